The number of hydrogen-bond acceptors (Lipinski definition) is 4. The number of ether oxygens (including phenoxy) is 1. The zero-order valence-corrected chi connectivity index (χ0v) is 21.5. The Balaban J connectivity index is 1.54. The molecule has 0 fully saturated rings. The van der Waals surface area contributed by atoms with Gasteiger partial charge in [0.2, 0.25) is 0 Å². The van der Waals surface area contributed by atoms with Crippen molar-refractivity contribution in [2.24, 2.45) is 0 Å². The molecule has 0 spiro atoms. The molecule has 0 saturated heterocycles. The van der Waals surface area contributed by atoms with Gasteiger partial charge >= 0.3 is 0 Å². The first-order chi connectivity index (χ1) is 18.4. The van der Waals surface area contributed by atoms with Gasteiger partial charge < -0.3 is 4.74 Å². The summed E-state index contributed by atoms with van der Waals surface area (Å²) in [4.78, 5) is 9.19. The molecule has 0 aliphatic rings. The van der Waals surface area contributed by atoms with E-state index in [0.29, 0.717) is 17.1 Å². The summed E-state index contributed by atoms with van der Waals surface area (Å²) in [6.07, 6.45) is 3.63. The van der Waals surface area contributed by atoms with Gasteiger partial charge in [-0.3, -0.25) is 9.55 Å². The zero-order chi connectivity index (χ0) is 26.3. The fraction of sp³-hybridized carbons (Fsp3) is 0.121. The summed E-state index contributed by atoms with van der Waals surface area (Å²) in [5.41, 5.74) is 5.42. The summed E-state index contributed by atoms with van der Waals surface area (Å²) < 4.78 is 8.47. The second-order valence-corrected chi connectivity index (χ2v) is 10.3. The van der Waals surface area contributed by atoms with E-state index in [1.807, 2.05) is 72.9 Å². The number of pyridine rings is 2. The Hall–Kier alpha value is -4.95. The maximum Gasteiger partial charge on any atom is 0.137 e. The molecule has 0 unspecified atom stereocenters. The minimum atomic E-state index is -0.0266. The lowest BCUT2D eigenvalue weighted by Gasteiger charge is -2.20. The minimum Gasteiger partial charge on any atom is -0.457 e. The summed E-state index contributed by atoms with van der Waals surface area (Å²) in [5.74, 6) is 2.07. The molecule has 184 valence electrons. The highest BCUT2D eigenvalue weighted by atomic mass is 16.5. The van der Waals surface area contributed by atoms with Crippen molar-refractivity contribution in [2.75, 3.05) is 0 Å². The molecule has 38 heavy (non-hydrogen) atoms. The molecule has 0 bridgehead atoms. The van der Waals surface area contributed by atoms with Crippen LogP contribution in [0.25, 0.3) is 38.9 Å². The van der Waals surface area contributed by atoms with Crippen molar-refractivity contribution in [3.8, 4) is 34.6 Å². The molecule has 0 aliphatic carbocycles. The van der Waals surface area contributed by atoms with Crippen LogP contribution in [-0.2, 0) is 5.41 Å². The molecule has 0 N–H and O–H groups in total. The number of hydrogen-bond donors (Lipinski definition) is 0. The maximum atomic E-state index is 10.2. The predicted molar refractivity (Wildman–Crippen MR) is 152 cm³/mol. The largest absolute Gasteiger partial charge is 0.457 e. The van der Waals surface area contributed by atoms with E-state index in [-0.39, 0.29) is 5.41 Å². The van der Waals surface area contributed by atoms with Crippen LogP contribution in [0.4, 0.5) is 0 Å². The van der Waals surface area contributed by atoms with E-state index in [2.05, 4.69) is 60.7 Å². The lowest BCUT2D eigenvalue weighted by molar-refractivity contribution is 0.483. The molecule has 0 aliphatic heterocycles. The lowest BCUT2D eigenvalue weighted by Crippen LogP contribution is -2.12. The van der Waals surface area contributed by atoms with E-state index >= 15 is 0 Å². The van der Waals surface area contributed by atoms with E-state index in [1.165, 1.54) is 5.56 Å². The maximum absolute atomic E-state index is 10.2. The summed E-state index contributed by atoms with van der Waals surface area (Å²) in [6.45, 7) is 6.57. The summed E-state index contributed by atoms with van der Waals surface area (Å²) in [5, 5.41) is 12.1. The van der Waals surface area contributed by atoms with Crippen molar-refractivity contribution in [1.29, 1.82) is 5.26 Å². The number of fused-ring (bicyclic) bond motifs is 3. The molecular weight excluding hydrogens is 468 g/mol. The highest BCUT2D eigenvalue weighted by Gasteiger charge is 2.20. The molecule has 0 radical (unpaired) electrons. The molecule has 3 aromatic heterocycles. The quantitative estimate of drug-likeness (QED) is 0.248. The van der Waals surface area contributed by atoms with Crippen molar-refractivity contribution < 1.29 is 4.74 Å². The summed E-state index contributed by atoms with van der Waals surface area (Å²) >= 11 is 0. The van der Waals surface area contributed by atoms with Crippen LogP contribution in [0.15, 0.2) is 103 Å². The zero-order valence-electron chi connectivity index (χ0n) is 21.5. The Labute approximate surface area is 221 Å². The highest BCUT2D eigenvalue weighted by molar-refractivity contribution is 6.12. The molecule has 3 aromatic carbocycles. The molecule has 6 rings (SSSR count). The average molecular weight is 495 g/mol. The van der Waals surface area contributed by atoms with Gasteiger partial charge in [-0.1, -0.05) is 57.2 Å². The number of benzene rings is 3. The van der Waals surface area contributed by atoms with Gasteiger partial charge in [-0.15, -0.1) is 0 Å². The van der Waals surface area contributed by atoms with Gasteiger partial charge in [-0.05, 0) is 59.5 Å². The van der Waals surface area contributed by atoms with Gasteiger partial charge in [0.05, 0.1) is 28.4 Å². The highest BCUT2D eigenvalue weighted by Crippen LogP contribution is 2.38. The van der Waals surface area contributed by atoms with E-state index in [0.717, 1.165) is 38.9 Å². The Morgan fingerprint density at radius 1 is 0.763 bits per heavy atom. The molecule has 6 aromatic rings. The van der Waals surface area contributed by atoms with Crippen LogP contribution in [0.3, 0.4) is 0 Å². The molecular formula is C33H26N4O. The topological polar surface area (TPSA) is 63.7 Å². The first-order valence-electron chi connectivity index (χ1n) is 12.6. The Morgan fingerprint density at radius 2 is 1.61 bits per heavy atom. The first-order valence-corrected chi connectivity index (χ1v) is 12.6. The van der Waals surface area contributed by atoms with Crippen LogP contribution < -0.4 is 4.74 Å². The van der Waals surface area contributed by atoms with Crippen molar-refractivity contribution in [3.63, 3.8) is 0 Å². The van der Waals surface area contributed by atoms with Gasteiger partial charge in [0, 0.05) is 34.8 Å². The van der Waals surface area contributed by atoms with Gasteiger partial charge in [0.1, 0.15) is 17.3 Å². The summed E-state index contributed by atoms with van der Waals surface area (Å²) in [7, 11) is 0. The van der Waals surface area contributed by atoms with Gasteiger partial charge in [0.15, 0.2) is 0 Å². The second kappa shape index (κ2) is 9.17. The number of nitriles is 1. The van der Waals surface area contributed by atoms with Crippen molar-refractivity contribution in [1.82, 2.24) is 14.5 Å². The van der Waals surface area contributed by atoms with E-state index in [1.54, 1.807) is 6.20 Å². The third-order valence-electron chi connectivity index (χ3n) is 6.74. The Kier molecular flexibility index (Phi) is 5.66. The average Bonchev–Trinajstić information content (AvgIpc) is 3.27. The minimum absolute atomic E-state index is 0.0266. The fourth-order valence-corrected chi connectivity index (χ4v) is 4.86. The van der Waals surface area contributed by atoms with Crippen molar-refractivity contribution in [2.45, 2.75) is 26.2 Å². The standard InChI is InChI=1S/C33H26N4O/c1-33(2,3)24-14-16-36-31(19-24)37-29-13-5-4-11-27(29)32-23(21-34)18-26(20-30(32)37)38-25-10-8-9-22(17-25)28-12-6-7-15-35-28/h4-20H,1-3H3. The third-order valence-corrected chi connectivity index (χ3v) is 6.74. The predicted octanol–water partition coefficient (Wildman–Crippen LogP) is 8.20. The number of para-hydroxylation sites is 1. The van der Waals surface area contributed by atoms with E-state index in [4.69, 9.17) is 9.72 Å². The van der Waals surface area contributed by atoms with Crippen LogP contribution in [0.1, 0.15) is 31.9 Å². The monoisotopic (exact) mass is 494 g/mol. The Morgan fingerprint density at radius 3 is 2.39 bits per heavy atom. The molecule has 3 heterocycles. The van der Waals surface area contributed by atoms with Crippen LogP contribution in [0.2, 0.25) is 0 Å². The fourth-order valence-electron chi connectivity index (χ4n) is 4.86. The normalized spacial score (nSPS) is 11.5. The van der Waals surface area contributed by atoms with Crippen molar-refractivity contribution >= 4 is 21.8 Å². The second-order valence-electron chi connectivity index (χ2n) is 10.3. The van der Waals surface area contributed by atoms with Crippen LogP contribution in [0.5, 0.6) is 11.5 Å². The molecule has 5 nitrogen and oxygen atoms in total. The number of rotatable bonds is 4. The lowest BCUT2D eigenvalue weighted by atomic mass is 9.88. The van der Waals surface area contributed by atoms with Gasteiger partial charge in [-0.2, -0.15) is 5.26 Å². The van der Waals surface area contributed by atoms with Crippen LogP contribution in [-0.4, -0.2) is 14.5 Å². The molecule has 0 amide bonds. The van der Waals surface area contributed by atoms with Crippen molar-refractivity contribution in [3.05, 3.63) is 115 Å². The third kappa shape index (κ3) is 4.16. The molecule has 0 atom stereocenters. The SMILES string of the molecule is CC(C)(C)c1ccnc(-n2c3ccccc3c3c(C#N)cc(Oc4cccc(-c5ccccn5)c4)cc32)c1. The van der Waals surface area contributed by atoms with Gasteiger partial charge in [0.25, 0.3) is 0 Å². The Bertz CT molecular complexity index is 1840. The van der Waals surface area contributed by atoms with E-state index in [9.17, 15) is 5.26 Å². The molecule has 0 saturated carbocycles. The van der Waals surface area contributed by atoms with Crippen LogP contribution in [0, 0.1) is 11.3 Å². The molecule has 5 heteroatoms. The smallest absolute Gasteiger partial charge is 0.137 e. The van der Waals surface area contributed by atoms with Crippen LogP contribution >= 0.6 is 0 Å². The van der Waals surface area contributed by atoms with E-state index < -0.39 is 0 Å². The number of aromatic nitrogens is 3. The number of nitrogens with zero attached hydrogens (tertiary/aromatic N) is 4. The first kappa shape index (κ1) is 23.4. The van der Waals surface area contributed by atoms with Gasteiger partial charge in [-0.25, -0.2) is 4.98 Å². The summed E-state index contributed by atoms with van der Waals surface area (Å²) in [6, 6.07) is 32.2.